The maximum atomic E-state index is 13.3. The van der Waals surface area contributed by atoms with Gasteiger partial charge in [0, 0.05) is 31.0 Å². The highest BCUT2D eigenvalue weighted by Gasteiger charge is 2.38. The molecule has 1 atom stereocenters. The smallest absolute Gasteiger partial charge is 0.254 e. The number of amides is 1. The summed E-state index contributed by atoms with van der Waals surface area (Å²) in [6, 6.07) is 9.79. The quantitative estimate of drug-likeness (QED) is 0.852. The number of likely N-dealkylation sites (tertiary alicyclic amines) is 1. The first-order valence-corrected chi connectivity index (χ1v) is 9.87. The second-order valence-electron chi connectivity index (χ2n) is 7.41. The number of hydrogen-bond acceptors (Lipinski definition) is 3. The molecule has 2 aromatic rings. The number of benzene rings is 1. The predicted octanol–water partition coefficient (Wildman–Crippen LogP) is 3.20. The molecular formula is C21H28N4O. The number of nitrogens with zero attached hydrogens (tertiary/aromatic N) is 4. The van der Waals surface area contributed by atoms with Gasteiger partial charge in [0.05, 0.1) is 6.04 Å². The minimum atomic E-state index is 0.0826. The van der Waals surface area contributed by atoms with Crippen molar-refractivity contribution in [2.45, 2.75) is 38.8 Å². The lowest BCUT2D eigenvalue weighted by molar-refractivity contribution is 0.0510. The number of imidazole rings is 1. The summed E-state index contributed by atoms with van der Waals surface area (Å²) in [5.74, 6) is 1.69. The first-order chi connectivity index (χ1) is 12.8. The van der Waals surface area contributed by atoms with Crippen LogP contribution in [0.3, 0.4) is 0 Å². The summed E-state index contributed by atoms with van der Waals surface area (Å²) in [6.45, 7) is 7.31. The number of carbonyl (C=O) groups is 1. The predicted molar refractivity (Wildman–Crippen MR) is 102 cm³/mol. The van der Waals surface area contributed by atoms with Gasteiger partial charge in [-0.1, -0.05) is 25.1 Å². The molecule has 26 heavy (non-hydrogen) atoms. The SMILES string of the molecule is CCN1CCC(C2c3nccn3CCCN2C(=O)c2ccccc2)CC1. The van der Waals surface area contributed by atoms with Crippen LogP contribution in [-0.2, 0) is 6.54 Å². The molecule has 0 radical (unpaired) electrons. The first-order valence-electron chi connectivity index (χ1n) is 9.87. The standard InChI is InChI=1S/C21H28N4O/c1-2-23-14-9-17(10-15-23)19-20-22-11-16-24(20)12-6-13-25(19)21(26)18-7-4-3-5-8-18/h3-5,7-8,11,16-17,19H,2,6,9-10,12-15H2,1H3. The average molecular weight is 352 g/mol. The fourth-order valence-electron chi connectivity index (χ4n) is 4.49. The van der Waals surface area contributed by atoms with E-state index in [1.54, 1.807) is 0 Å². The lowest BCUT2D eigenvalue weighted by Gasteiger charge is -2.40. The molecule has 0 N–H and O–H groups in total. The monoisotopic (exact) mass is 352 g/mol. The molecule has 2 aliphatic rings. The van der Waals surface area contributed by atoms with Gasteiger partial charge >= 0.3 is 0 Å². The van der Waals surface area contributed by atoms with Crippen LogP contribution in [0, 0.1) is 5.92 Å². The number of aryl methyl sites for hydroxylation is 1. The van der Waals surface area contributed by atoms with Gasteiger partial charge in [-0.3, -0.25) is 4.79 Å². The zero-order chi connectivity index (χ0) is 17.9. The second-order valence-corrected chi connectivity index (χ2v) is 7.41. The summed E-state index contributed by atoms with van der Waals surface area (Å²) in [5.41, 5.74) is 0.781. The molecule has 1 unspecified atom stereocenters. The maximum Gasteiger partial charge on any atom is 0.254 e. The molecule has 0 spiro atoms. The second kappa shape index (κ2) is 7.62. The van der Waals surface area contributed by atoms with E-state index < -0.39 is 0 Å². The van der Waals surface area contributed by atoms with Gasteiger partial charge in [0.15, 0.2) is 0 Å². The summed E-state index contributed by atoms with van der Waals surface area (Å²) in [7, 11) is 0. The van der Waals surface area contributed by atoms with Crippen molar-refractivity contribution in [3.05, 3.63) is 54.1 Å². The van der Waals surface area contributed by atoms with Crippen molar-refractivity contribution in [3.8, 4) is 0 Å². The molecule has 5 nitrogen and oxygen atoms in total. The molecule has 0 saturated carbocycles. The van der Waals surface area contributed by atoms with E-state index in [0.29, 0.717) is 5.92 Å². The Bertz CT molecular complexity index is 733. The first kappa shape index (κ1) is 17.3. The van der Waals surface area contributed by atoms with Gasteiger partial charge in [-0.15, -0.1) is 0 Å². The fraction of sp³-hybridized carbons (Fsp3) is 0.524. The molecule has 1 amide bonds. The van der Waals surface area contributed by atoms with Gasteiger partial charge in [0.25, 0.3) is 5.91 Å². The van der Waals surface area contributed by atoms with Crippen LogP contribution < -0.4 is 0 Å². The minimum Gasteiger partial charge on any atom is -0.333 e. The molecule has 4 rings (SSSR count). The van der Waals surface area contributed by atoms with Crippen LogP contribution in [0.15, 0.2) is 42.7 Å². The molecule has 1 aromatic carbocycles. The van der Waals surface area contributed by atoms with E-state index in [2.05, 4.69) is 27.5 Å². The largest absolute Gasteiger partial charge is 0.333 e. The molecule has 5 heteroatoms. The van der Waals surface area contributed by atoms with Gasteiger partial charge in [-0.05, 0) is 56.9 Å². The van der Waals surface area contributed by atoms with Crippen molar-refractivity contribution in [3.63, 3.8) is 0 Å². The lowest BCUT2D eigenvalue weighted by Crippen LogP contribution is -2.43. The van der Waals surface area contributed by atoms with Crippen LogP contribution in [0.25, 0.3) is 0 Å². The Kier molecular flexibility index (Phi) is 5.07. The highest BCUT2D eigenvalue weighted by molar-refractivity contribution is 5.94. The Hall–Kier alpha value is -2.14. The lowest BCUT2D eigenvalue weighted by atomic mass is 9.87. The average Bonchev–Trinajstić information content (AvgIpc) is 3.08. The van der Waals surface area contributed by atoms with Gasteiger partial charge in [-0.2, -0.15) is 0 Å². The summed E-state index contributed by atoms with van der Waals surface area (Å²) in [5, 5.41) is 0. The molecular weight excluding hydrogens is 324 g/mol. The third-order valence-corrected chi connectivity index (χ3v) is 5.95. The summed E-state index contributed by atoms with van der Waals surface area (Å²) >= 11 is 0. The molecule has 3 heterocycles. The van der Waals surface area contributed by atoms with Gasteiger partial charge in [0.2, 0.25) is 0 Å². The Labute approximate surface area is 155 Å². The minimum absolute atomic E-state index is 0.0826. The van der Waals surface area contributed by atoms with Crippen LogP contribution in [0.2, 0.25) is 0 Å². The van der Waals surface area contributed by atoms with Crippen LogP contribution in [0.1, 0.15) is 48.4 Å². The topological polar surface area (TPSA) is 41.4 Å². The molecule has 1 fully saturated rings. The van der Waals surface area contributed by atoms with Crippen molar-refractivity contribution in [1.82, 2.24) is 19.4 Å². The van der Waals surface area contributed by atoms with Gasteiger partial charge < -0.3 is 14.4 Å². The summed E-state index contributed by atoms with van der Waals surface area (Å²) in [4.78, 5) is 22.6. The normalized spacial score (nSPS) is 22.0. The Balaban J connectivity index is 1.66. The highest BCUT2D eigenvalue weighted by atomic mass is 16.2. The van der Waals surface area contributed by atoms with E-state index in [0.717, 1.165) is 63.4 Å². The number of hydrogen-bond donors (Lipinski definition) is 0. The molecule has 1 saturated heterocycles. The van der Waals surface area contributed by atoms with Gasteiger partial charge in [0.1, 0.15) is 5.82 Å². The molecule has 2 aliphatic heterocycles. The van der Waals surface area contributed by atoms with Crippen LogP contribution in [-0.4, -0.2) is 51.4 Å². The third-order valence-electron chi connectivity index (χ3n) is 5.95. The number of rotatable bonds is 3. The maximum absolute atomic E-state index is 13.3. The van der Waals surface area contributed by atoms with E-state index in [9.17, 15) is 4.79 Å². The van der Waals surface area contributed by atoms with E-state index in [4.69, 9.17) is 4.98 Å². The van der Waals surface area contributed by atoms with E-state index in [1.165, 1.54) is 0 Å². The molecule has 0 aliphatic carbocycles. The number of fused-ring (bicyclic) bond motifs is 1. The zero-order valence-corrected chi connectivity index (χ0v) is 15.6. The number of piperidine rings is 1. The third kappa shape index (κ3) is 3.28. The molecule has 0 bridgehead atoms. The van der Waals surface area contributed by atoms with Crippen molar-refractivity contribution in [2.24, 2.45) is 5.92 Å². The Morgan fingerprint density at radius 3 is 2.62 bits per heavy atom. The van der Waals surface area contributed by atoms with Crippen LogP contribution in [0.4, 0.5) is 0 Å². The Morgan fingerprint density at radius 2 is 1.88 bits per heavy atom. The molecule has 1 aromatic heterocycles. The zero-order valence-electron chi connectivity index (χ0n) is 15.6. The van der Waals surface area contributed by atoms with E-state index >= 15 is 0 Å². The van der Waals surface area contributed by atoms with E-state index in [-0.39, 0.29) is 11.9 Å². The van der Waals surface area contributed by atoms with Crippen LogP contribution in [0.5, 0.6) is 0 Å². The summed E-state index contributed by atoms with van der Waals surface area (Å²) < 4.78 is 2.26. The number of carbonyl (C=O) groups excluding carboxylic acids is 1. The van der Waals surface area contributed by atoms with Crippen molar-refractivity contribution in [1.29, 1.82) is 0 Å². The van der Waals surface area contributed by atoms with Crippen molar-refractivity contribution < 1.29 is 4.79 Å². The Morgan fingerprint density at radius 1 is 1.12 bits per heavy atom. The van der Waals surface area contributed by atoms with Crippen molar-refractivity contribution >= 4 is 5.91 Å². The van der Waals surface area contributed by atoms with Crippen LogP contribution >= 0.6 is 0 Å². The highest BCUT2D eigenvalue weighted by Crippen LogP contribution is 2.37. The van der Waals surface area contributed by atoms with Crippen molar-refractivity contribution in [2.75, 3.05) is 26.2 Å². The van der Waals surface area contributed by atoms with E-state index in [1.807, 2.05) is 36.5 Å². The number of aromatic nitrogens is 2. The van der Waals surface area contributed by atoms with Gasteiger partial charge in [-0.25, -0.2) is 4.98 Å². The summed E-state index contributed by atoms with van der Waals surface area (Å²) in [6.07, 6.45) is 7.19. The molecule has 138 valence electrons. The fourth-order valence-corrected chi connectivity index (χ4v) is 4.49.